The number of benzene rings is 3. The van der Waals surface area contributed by atoms with Crippen molar-refractivity contribution in [3.8, 4) is 11.5 Å². The number of carbonyl (C=O) groups excluding carboxylic acids is 2. The molecule has 0 aliphatic heterocycles. The standard InChI is InChI=1S/C29H32N4O5/c1-37-24-13-12-19(15-25(24)38-2)16-26(35)32-29(30)31-22(14-18-8-4-3-5-9-18)28(36)33-27-21-11-7-6-10-20(21)17-23(27)34/h3-13,15,22-23,27,34H,14,16-17H2,1-2H3,(H,33,36)(H3,30,31,32,35)/t22-,23-,27+/m1/s1. The fraction of sp³-hybridized carbons (Fsp3) is 0.276. The highest BCUT2D eigenvalue weighted by atomic mass is 16.5. The average molecular weight is 517 g/mol. The van der Waals surface area contributed by atoms with Crippen molar-refractivity contribution in [2.45, 2.75) is 37.5 Å². The van der Waals surface area contributed by atoms with Crippen LogP contribution in [0.15, 0.2) is 72.8 Å². The van der Waals surface area contributed by atoms with Gasteiger partial charge in [0.25, 0.3) is 0 Å². The Kier molecular flexibility index (Phi) is 8.60. The van der Waals surface area contributed by atoms with Gasteiger partial charge in [0.05, 0.1) is 32.8 Å². The third-order valence-corrected chi connectivity index (χ3v) is 6.50. The van der Waals surface area contributed by atoms with Crippen LogP contribution in [0, 0.1) is 5.41 Å². The second-order valence-corrected chi connectivity index (χ2v) is 9.13. The molecule has 0 bridgehead atoms. The molecule has 38 heavy (non-hydrogen) atoms. The lowest BCUT2D eigenvalue weighted by Crippen LogP contribution is -2.53. The van der Waals surface area contributed by atoms with Gasteiger partial charge < -0.3 is 25.2 Å². The van der Waals surface area contributed by atoms with Crippen molar-refractivity contribution in [3.05, 3.63) is 95.1 Å². The predicted octanol–water partition coefficient (Wildman–Crippen LogP) is 2.27. The van der Waals surface area contributed by atoms with Crippen LogP contribution < -0.4 is 25.4 Å². The topological polar surface area (TPSA) is 133 Å². The van der Waals surface area contributed by atoms with Gasteiger partial charge in [-0.05, 0) is 34.4 Å². The van der Waals surface area contributed by atoms with Crippen LogP contribution in [0.25, 0.3) is 0 Å². The van der Waals surface area contributed by atoms with Crippen LogP contribution in [0.2, 0.25) is 0 Å². The average Bonchev–Trinajstić information content (AvgIpc) is 3.23. The summed E-state index contributed by atoms with van der Waals surface area (Å²) in [6, 6.07) is 20.8. The van der Waals surface area contributed by atoms with Crippen molar-refractivity contribution < 1.29 is 24.2 Å². The largest absolute Gasteiger partial charge is 0.493 e. The van der Waals surface area contributed by atoms with Gasteiger partial charge in [-0.3, -0.25) is 20.3 Å². The zero-order valence-electron chi connectivity index (χ0n) is 21.4. The van der Waals surface area contributed by atoms with Crippen molar-refractivity contribution in [1.29, 1.82) is 5.41 Å². The summed E-state index contributed by atoms with van der Waals surface area (Å²) in [6.45, 7) is 0. The second-order valence-electron chi connectivity index (χ2n) is 9.13. The van der Waals surface area contributed by atoms with Gasteiger partial charge in [0.2, 0.25) is 11.8 Å². The molecular weight excluding hydrogens is 484 g/mol. The first-order valence-electron chi connectivity index (χ1n) is 12.3. The summed E-state index contributed by atoms with van der Waals surface area (Å²) in [5, 5.41) is 27.2. The molecule has 0 fully saturated rings. The van der Waals surface area contributed by atoms with E-state index in [1.165, 1.54) is 14.2 Å². The minimum Gasteiger partial charge on any atom is -0.493 e. The number of hydrogen-bond donors (Lipinski definition) is 5. The van der Waals surface area contributed by atoms with Gasteiger partial charge in [-0.25, -0.2) is 0 Å². The Morgan fingerprint density at radius 3 is 2.42 bits per heavy atom. The van der Waals surface area contributed by atoms with Crippen molar-refractivity contribution in [2.24, 2.45) is 0 Å². The van der Waals surface area contributed by atoms with Gasteiger partial charge in [-0.15, -0.1) is 0 Å². The maximum Gasteiger partial charge on any atom is 0.243 e. The van der Waals surface area contributed by atoms with E-state index in [0.29, 0.717) is 23.5 Å². The molecule has 3 atom stereocenters. The summed E-state index contributed by atoms with van der Waals surface area (Å²) in [7, 11) is 3.05. The van der Waals surface area contributed by atoms with E-state index < -0.39 is 24.1 Å². The fourth-order valence-electron chi connectivity index (χ4n) is 4.63. The Bertz CT molecular complexity index is 1300. The molecule has 5 N–H and O–H groups in total. The Hall–Kier alpha value is -4.37. The molecule has 3 aromatic rings. The molecule has 0 unspecified atom stereocenters. The molecule has 0 heterocycles. The number of rotatable bonds is 9. The molecule has 0 saturated carbocycles. The van der Waals surface area contributed by atoms with Crippen LogP contribution in [0.4, 0.5) is 0 Å². The smallest absolute Gasteiger partial charge is 0.243 e. The molecule has 198 valence electrons. The fourth-order valence-corrected chi connectivity index (χ4v) is 4.63. The number of aliphatic hydroxyl groups is 1. The Morgan fingerprint density at radius 1 is 0.974 bits per heavy atom. The quantitative estimate of drug-likeness (QED) is 0.219. The van der Waals surface area contributed by atoms with Gasteiger partial charge >= 0.3 is 0 Å². The SMILES string of the molecule is COc1ccc(CC(=O)NC(=N)N[C@H](Cc2ccccc2)C(=O)N[C@H]2c3ccccc3C[C@H]2O)cc1OC. The zero-order valence-corrected chi connectivity index (χ0v) is 21.4. The van der Waals surface area contributed by atoms with Gasteiger partial charge in [0, 0.05) is 12.8 Å². The third-order valence-electron chi connectivity index (χ3n) is 6.50. The normalized spacial score (nSPS) is 16.6. The summed E-state index contributed by atoms with van der Waals surface area (Å²) < 4.78 is 10.5. The first-order chi connectivity index (χ1) is 18.4. The summed E-state index contributed by atoms with van der Waals surface area (Å²) in [5.41, 5.74) is 3.44. The molecule has 9 heteroatoms. The molecular formula is C29H32N4O5. The maximum absolute atomic E-state index is 13.4. The van der Waals surface area contributed by atoms with E-state index in [1.807, 2.05) is 54.6 Å². The molecule has 0 saturated heterocycles. The van der Waals surface area contributed by atoms with Crippen LogP contribution in [-0.4, -0.2) is 49.2 Å². The van der Waals surface area contributed by atoms with E-state index in [4.69, 9.17) is 14.9 Å². The monoisotopic (exact) mass is 516 g/mol. The number of methoxy groups -OCH3 is 2. The molecule has 3 aromatic carbocycles. The van der Waals surface area contributed by atoms with Gasteiger partial charge in [-0.1, -0.05) is 60.7 Å². The predicted molar refractivity (Wildman–Crippen MR) is 143 cm³/mol. The molecule has 0 spiro atoms. The Labute approximate surface area is 221 Å². The van der Waals surface area contributed by atoms with E-state index >= 15 is 0 Å². The van der Waals surface area contributed by atoms with E-state index in [9.17, 15) is 14.7 Å². The zero-order chi connectivity index (χ0) is 27.1. The molecule has 1 aliphatic rings. The first-order valence-corrected chi connectivity index (χ1v) is 12.3. The molecule has 4 rings (SSSR count). The number of carbonyl (C=O) groups is 2. The Morgan fingerprint density at radius 2 is 1.68 bits per heavy atom. The number of amides is 2. The number of nitrogens with one attached hydrogen (secondary N) is 4. The van der Waals surface area contributed by atoms with E-state index in [1.54, 1.807) is 18.2 Å². The Balaban J connectivity index is 1.43. The molecule has 0 radical (unpaired) electrons. The molecule has 0 aromatic heterocycles. The van der Waals surface area contributed by atoms with Crippen LogP contribution in [0.3, 0.4) is 0 Å². The first kappa shape index (κ1) is 26.7. The maximum atomic E-state index is 13.4. The van der Waals surface area contributed by atoms with Crippen molar-refractivity contribution >= 4 is 17.8 Å². The van der Waals surface area contributed by atoms with Crippen LogP contribution in [-0.2, 0) is 28.9 Å². The molecule has 9 nitrogen and oxygen atoms in total. The number of fused-ring (bicyclic) bond motifs is 1. The van der Waals surface area contributed by atoms with Crippen molar-refractivity contribution in [3.63, 3.8) is 0 Å². The highest BCUT2D eigenvalue weighted by Gasteiger charge is 2.33. The summed E-state index contributed by atoms with van der Waals surface area (Å²) >= 11 is 0. The lowest BCUT2D eigenvalue weighted by atomic mass is 10.0. The van der Waals surface area contributed by atoms with Gasteiger partial charge in [0.15, 0.2) is 17.5 Å². The molecule has 1 aliphatic carbocycles. The van der Waals surface area contributed by atoms with Crippen molar-refractivity contribution in [1.82, 2.24) is 16.0 Å². The van der Waals surface area contributed by atoms with Crippen LogP contribution in [0.1, 0.15) is 28.3 Å². The van der Waals surface area contributed by atoms with E-state index in [2.05, 4.69) is 16.0 Å². The van der Waals surface area contributed by atoms with Gasteiger partial charge in [-0.2, -0.15) is 0 Å². The third kappa shape index (κ3) is 6.49. The minimum absolute atomic E-state index is 0.00497. The van der Waals surface area contributed by atoms with Crippen LogP contribution in [0.5, 0.6) is 11.5 Å². The summed E-state index contributed by atoms with van der Waals surface area (Å²) in [4.78, 5) is 26.0. The molecule has 2 amide bonds. The number of guanidine groups is 1. The number of aliphatic hydroxyl groups excluding tert-OH is 1. The highest BCUT2D eigenvalue weighted by molar-refractivity contribution is 5.98. The minimum atomic E-state index is -0.855. The van der Waals surface area contributed by atoms with Crippen molar-refractivity contribution in [2.75, 3.05) is 14.2 Å². The number of hydrogen-bond acceptors (Lipinski definition) is 6. The second kappa shape index (κ2) is 12.2. The van der Waals surface area contributed by atoms with E-state index in [0.717, 1.165) is 16.7 Å². The number of ether oxygens (including phenoxy) is 2. The van der Waals surface area contributed by atoms with Gasteiger partial charge in [0.1, 0.15) is 6.04 Å². The van der Waals surface area contributed by atoms with E-state index in [-0.39, 0.29) is 24.7 Å². The summed E-state index contributed by atoms with van der Waals surface area (Å²) in [6.07, 6.45) is 0.00471. The van der Waals surface area contributed by atoms with Crippen LogP contribution >= 0.6 is 0 Å². The summed E-state index contributed by atoms with van der Waals surface area (Å²) in [5.74, 6) is -0.0433. The lowest BCUT2D eigenvalue weighted by molar-refractivity contribution is -0.124. The highest BCUT2D eigenvalue weighted by Crippen LogP contribution is 2.31. The lowest BCUT2D eigenvalue weighted by Gasteiger charge is -2.24.